The van der Waals surface area contributed by atoms with Gasteiger partial charge in [-0.25, -0.2) is 4.79 Å². The molecule has 2 unspecified atom stereocenters. The number of carbonyl (C=O) groups is 3. The molecule has 0 saturated carbocycles. The molecule has 7 heteroatoms. The molecule has 0 aliphatic carbocycles. The van der Waals surface area contributed by atoms with Crippen molar-refractivity contribution in [2.45, 2.75) is 46.6 Å². The Balaban J connectivity index is 4.41. The van der Waals surface area contributed by atoms with Crippen molar-refractivity contribution in [3.63, 3.8) is 0 Å². The van der Waals surface area contributed by atoms with Crippen molar-refractivity contribution >= 4 is 17.9 Å². The summed E-state index contributed by atoms with van der Waals surface area (Å²) in [5.74, 6) is -1.39. The van der Waals surface area contributed by atoms with Crippen LogP contribution in [0.3, 0.4) is 0 Å². The zero-order valence-corrected chi connectivity index (χ0v) is 13.2. The summed E-state index contributed by atoms with van der Waals surface area (Å²) in [7, 11) is 0. The first-order valence-corrected chi connectivity index (χ1v) is 7.18. The van der Waals surface area contributed by atoms with Gasteiger partial charge in [0.15, 0.2) is 0 Å². The zero-order valence-electron chi connectivity index (χ0n) is 13.2. The first-order chi connectivity index (χ1) is 9.63. The van der Waals surface area contributed by atoms with Gasteiger partial charge in [0.25, 0.3) is 0 Å². The van der Waals surface area contributed by atoms with Crippen LogP contribution in [0.5, 0.6) is 0 Å². The first-order valence-electron chi connectivity index (χ1n) is 7.18. The molecule has 0 aliphatic rings. The zero-order chi connectivity index (χ0) is 16.6. The number of urea groups is 1. The number of carboxylic acid groups (broad SMARTS) is 1. The smallest absolute Gasteiger partial charge is 0.315 e. The molecule has 122 valence electrons. The van der Waals surface area contributed by atoms with Crippen molar-refractivity contribution in [2.75, 3.05) is 6.54 Å². The van der Waals surface area contributed by atoms with Gasteiger partial charge in [-0.2, -0.15) is 0 Å². The van der Waals surface area contributed by atoms with Gasteiger partial charge >= 0.3 is 12.0 Å². The lowest BCUT2D eigenvalue weighted by Crippen LogP contribution is -2.51. The predicted octanol–water partition coefficient (Wildman–Crippen LogP) is 0.933. The minimum absolute atomic E-state index is 0.00187. The lowest BCUT2D eigenvalue weighted by molar-refractivity contribution is -0.138. The lowest BCUT2D eigenvalue weighted by Gasteiger charge is -2.21. The molecule has 0 rings (SSSR count). The van der Waals surface area contributed by atoms with Gasteiger partial charge in [-0.1, -0.05) is 27.7 Å². The average Bonchev–Trinajstić information content (AvgIpc) is 2.30. The van der Waals surface area contributed by atoms with Crippen molar-refractivity contribution in [1.82, 2.24) is 10.6 Å². The predicted molar refractivity (Wildman–Crippen MR) is 79.6 cm³/mol. The molecular weight excluding hydrogens is 274 g/mol. The molecule has 0 spiro atoms. The van der Waals surface area contributed by atoms with Crippen molar-refractivity contribution in [1.29, 1.82) is 0 Å². The van der Waals surface area contributed by atoms with Gasteiger partial charge in [0, 0.05) is 13.0 Å². The van der Waals surface area contributed by atoms with E-state index in [-0.39, 0.29) is 24.8 Å². The largest absolute Gasteiger partial charge is 0.481 e. The van der Waals surface area contributed by atoms with Gasteiger partial charge in [-0.15, -0.1) is 0 Å². The highest BCUT2D eigenvalue weighted by atomic mass is 16.4. The van der Waals surface area contributed by atoms with Crippen LogP contribution in [0.2, 0.25) is 0 Å². The molecule has 0 aromatic rings. The van der Waals surface area contributed by atoms with Crippen LogP contribution in [-0.2, 0) is 9.59 Å². The third-order valence-electron chi connectivity index (χ3n) is 3.08. The Hall–Kier alpha value is -1.79. The van der Waals surface area contributed by atoms with E-state index in [4.69, 9.17) is 10.8 Å². The summed E-state index contributed by atoms with van der Waals surface area (Å²) >= 11 is 0. The van der Waals surface area contributed by atoms with E-state index in [1.165, 1.54) is 0 Å². The van der Waals surface area contributed by atoms with Crippen molar-refractivity contribution in [2.24, 2.45) is 23.5 Å². The van der Waals surface area contributed by atoms with Crippen LogP contribution in [0, 0.1) is 17.8 Å². The minimum Gasteiger partial charge on any atom is -0.481 e. The molecule has 0 heterocycles. The number of nitrogens with one attached hydrogen (secondary N) is 2. The number of primary amides is 1. The highest BCUT2D eigenvalue weighted by Gasteiger charge is 2.22. The van der Waals surface area contributed by atoms with Gasteiger partial charge in [0.05, 0.1) is 0 Å². The van der Waals surface area contributed by atoms with E-state index in [9.17, 15) is 14.4 Å². The maximum Gasteiger partial charge on any atom is 0.315 e. The molecule has 0 saturated heterocycles. The Kier molecular flexibility index (Phi) is 8.42. The summed E-state index contributed by atoms with van der Waals surface area (Å²) in [6, 6.07) is -1.25. The maximum absolute atomic E-state index is 11.8. The van der Waals surface area contributed by atoms with E-state index >= 15 is 0 Å². The second-order valence-electron chi connectivity index (χ2n) is 6.07. The molecule has 0 fully saturated rings. The molecule has 0 aliphatic heterocycles. The van der Waals surface area contributed by atoms with Crippen molar-refractivity contribution < 1.29 is 19.5 Å². The Morgan fingerprint density at radius 2 is 1.71 bits per heavy atom. The quantitative estimate of drug-likeness (QED) is 0.506. The fourth-order valence-electron chi connectivity index (χ4n) is 2.15. The molecule has 0 bridgehead atoms. The molecule has 21 heavy (non-hydrogen) atoms. The highest BCUT2D eigenvalue weighted by molar-refractivity contribution is 5.86. The molecule has 5 N–H and O–H groups in total. The van der Waals surface area contributed by atoms with Gasteiger partial charge in [0.2, 0.25) is 5.91 Å². The van der Waals surface area contributed by atoms with E-state index < -0.39 is 23.9 Å². The summed E-state index contributed by atoms with van der Waals surface area (Å²) in [5.41, 5.74) is 5.21. The molecule has 3 amide bonds. The van der Waals surface area contributed by atoms with Crippen LogP contribution < -0.4 is 16.4 Å². The Bertz CT molecular complexity index is 369. The third kappa shape index (κ3) is 8.88. The average molecular weight is 301 g/mol. The highest BCUT2D eigenvalue weighted by Crippen LogP contribution is 2.14. The number of nitrogens with two attached hydrogens (primary N) is 1. The summed E-state index contributed by atoms with van der Waals surface area (Å²) in [6.07, 6.45) is 0.706. The fourth-order valence-corrected chi connectivity index (χ4v) is 2.15. The van der Waals surface area contributed by atoms with Crippen LogP contribution >= 0.6 is 0 Å². The summed E-state index contributed by atoms with van der Waals surface area (Å²) in [4.78, 5) is 33.8. The van der Waals surface area contributed by atoms with Crippen LogP contribution in [0.4, 0.5) is 4.79 Å². The summed E-state index contributed by atoms with van der Waals surface area (Å²) in [5, 5.41) is 14.0. The molecule has 0 radical (unpaired) electrons. The van der Waals surface area contributed by atoms with Crippen molar-refractivity contribution in [3.05, 3.63) is 0 Å². The lowest BCUT2D eigenvalue weighted by atomic mass is 9.94. The van der Waals surface area contributed by atoms with Crippen LogP contribution in [0.15, 0.2) is 0 Å². The van der Waals surface area contributed by atoms with Gasteiger partial charge < -0.3 is 21.5 Å². The number of hydrogen-bond donors (Lipinski definition) is 4. The fraction of sp³-hybridized carbons (Fsp3) is 0.786. The number of carboxylic acids is 1. The maximum atomic E-state index is 11.8. The van der Waals surface area contributed by atoms with Gasteiger partial charge in [-0.05, 0) is 24.2 Å². The summed E-state index contributed by atoms with van der Waals surface area (Å²) < 4.78 is 0. The monoisotopic (exact) mass is 301 g/mol. The minimum atomic E-state index is -0.889. The molecule has 0 aromatic carbocycles. The number of hydrogen-bond acceptors (Lipinski definition) is 3. The molecule has 0 aromatic heterocycles. The first kappa shape index (κ1) is 19.2. The van der Waals surface area contributed by atoms with Gasteiger partial charge in [-0.3, -0.25) is 9.59 Å². The second-order valence-corrected chi connectivity index (χ2v) is 6.07. The standard InChI is InChI=1S/C14H27N3O4/c1-8(2)5-10(6-11(18)19)7-16-14(21)17-12(9(3)4)13(15)20/h8-10,12H,5-7H2,1-4H3,(H2,15,20)(H,18,19)(H2,16,17,21). The number of amides is 3. The van der Waals surface area contributed by atoms with E-state index in [0.717, 1.165) is 0 Å². The van der Waals surface area contributed by atoms with Crippen LogP contribution in [-0.4, -0.2) is 35.6 Å². The molecular formula is C14H27N3O4. The van der Waals surface area contributed by atoms with Crippen molar-refractivity contribution in [3.8, 4) is 0 Å². The Morgan fingerprint density at radius 1 is 1.14 bits per heavy atom. The third-order valence-corrected chi connectivity index (χ3v) is 3.08. The second kappa shape index (κ2) is 9.20. The van der Waals surface area contributed by atoms with E-state index in [2.05, 4.69) is 10.6 Å². The summed E-state index contributed by atoms with van der Waals surface area (Å²) in [6.45, 7) is 7.80. The number of rotatable bonds is 9. The van der Waals surface area contributed by atoms with E-state index in [0.29, 0.717) is 12.3 Å². The van der Waals surface area contributed by atoms with Crippen LogP contribution in [0.1, 0.15) is 40.5 Å². The SMILES string of the molecule is CC(C)CC(CNC(=O)NC(C(N)=O)C(C)C)CC(=O)O. The van der Waals surface area contributed by atoms with E-state index in [1.807, 2.05) is 13.8 Å². The van der Waals surface area contributed by atoms with Gasteiger partial charge in [0.1, 0.15) is 6.04 Å². The van der Waals surface area contributed by atoms with Crippen LogP contribution in [0.25, 0.3) is 0 Å². The number of aliphatic carboxylic acids is 1. The number of carbonyl (C=O) groups excluding carboxylic acids is 2. The Morgan fingerprint density at radius 3 is 2.10 bits per heavy atom. The topological polar surface area (TPSA) is 122 Å². The Labute approximate surface area is 125 Å². The molecule has 2 atom stereocenters. The van der Waals surface area contributed by atoms with E-state index in [1.54, 1.807) is 13.8 Å². The normalized spacial score (nSPS) is 13.8. The molecule has 7 nitrogen and oxygen atoms in total.